The molecule has 5 nitrogen and oxygen atoms in total. The summed E-state index contributed by atoms with van der Waals surface area (Å²) < 4.78 is 38.9. The van der Waals surface area contributed by atoms with E-state index in [4.69, 9.17) is 0 Å². The van der Waals surface area contributed by atoms with Crippen molar-refractivity contribution in [3.63, 3.8) is 0 Å². The molecule has 0 aliphatic carbocycles. The zero-order chi connectivity index (χ0) is 19.6. The highest BCUT2D eigenvalue weighted by molar-refractivity contribution is 5.95. The Morgan fingerprint density at radius 1 is 1.15 bits per heavy atom. The molecule has 1 aromatic heterocycles. The Hall–Kier alpha value is -2.64. The number of carbonyl (C=O) groups excluding carboxylic acids is 1. The number of nitrogens with zero attached hydrogens (tertiary/aromatic N) is 3. The lowest BCUT2D eigenvalue weighted by molar-refractivity contribution is -0.141. The van der Waals surface area contributed by atoms with Crippen LogP contribution in [0, 0.1) is 13.8 Å². The number of hydrogen-bond donors (Lipinski definition) is 1. The van der Waals surface area contributed by atoms with Crippen LogP contribution in [0.2, 0.25) is 0 Å². The molecule has 0 bridgehead atoms. The highest BCUT2D eigenvalue weighted by Crippen LogP contribution is 2.30. The zero-order valence-electron chi connectivity index (χ0n) is 15.2. The van der Waals surface area contributed by atoms with Crippen LogP contribution in [0.3, 0.4) is 0 Å². The van der Waals surface area contributed by atoms with E-state index in [0.29, 0.717) is 31.5 Å². The Labute approximate surface area is 155 Å². The van der Waals surface area contributed by atoms with Gasteiger partial charge in [0.25, 0.3) is 5.91 Å². The molecule has 1 fully saturated rings. The minimum Gasteiger partial charge on any atom is -0.356 e. The van der Waals surface area contributed by atoms with Crippen LogP contribution in [0.4, 0.5) is 19.0 Å². The average molecular weight is 378 g/mol. The first kappa shape index (κ1) is 19.1. The van der Waals surface area contributed by atoms with Crippen molar-refractivity contribution >= 4 is 11.7 Å². The van der Waals surface area contributed by atoms with Crippen molar-refractivity contribution in [2.45, 2.75) is 38.9 Å². The van der Waals surface area contributed by atoms with Crippen LogP contribution >= 0.6 is 0 Å². The van der Waals surface area contributed by atoms with E-state index < -0.39 is 11.9 Å². The maximum Gasteiger partial charge on any atom is 0.433 e. The fourth-order valence-electron chi connectivity index (χ4n) is 3.20. The standard InChI is InChI=1S/C19H21F3N4O/c1-12-5-3-4-6-15(12)18(27)25-14-7-9-26(10-8-14)17-11-16(19(20,21)22)23-13(2)24-17/h3-6,11,14H,7-10H2,1-2H3,(H,25,27). The third-order valence-corrected chi connectivity index (χ3v) is 4.66. The summed E-state index contributed by atoms with van der Waals surface area (Å²) in [6, 6.07) is 8.33. The van der Waals surface area contributed by atoms with E-state index in [9.17, 15) is 18.0 Å². The summed E-state index contributed by atoms with van der Waals surface area (Å²) in [6.45, 7) is 4.38. The lowest BCUT2D eigenvalue weighted by Gasteiger charge is -2.33. The number of benzene rings is 1. The summed E-state index contributed by atoms with van der Waals surface area (Å²) in [7, 11) is 0. The third-order valence-electron chi connectivity index (χ3n) is 4.66. The quantitative estimate of drug-likeness (QED) is 0.888. The SMILES string of the molecule is Cc1nc(N2CCC(NC(=O)c3ccccc3C)CC2)cc(C(F)(F)F)n1. The number of nitrogens with one attached hydrogen (secondary N) is 1. The molecular weight excluding hydrogens is 357 g/mol. The number of rotatable bonds is 3. The molecule has 3 rings (SSSR count). The van der Waals surface area contributed by atoms with Crippen LogP contribution in [0.15, 0.2) is 30.3 Å². The van der Waals surface area contributed by atoms with Gasteiger partial charge in [-0.1, -0.05) is 18.2 Å². The van der Waals surface area contributed by atoms with Crippen molar-refractivity contribution in [2.24, 2.45) is 0 Å². The van der Waals surface area contributed by atoms with Gasteiger partial charge in [0.1, 0.15) is 17.3 Å². The summed E-state index contributed by atoms with van der Waals surface area (Å²) in [4.78, 5) is 21.8. The Bertz CT molecular complexity index is 830. The largest absolute Gasteiger partial charge is 0.433 e. The minimum absolute atomic E-state index is 0.0154. The van der Waals surface area contributed by atoms with Crippen LogP contribution in [-0.2, 0) is 6.18 Å². The van der Waals surface area contributed by atoms with E-state index in [1.54, 1.807) is 11.0 Å². The van der Waals surface area contributed by atoms with E-state index >= 15 is 0 Å². The van der Waals surface area contributed by atoms with Gasteiger partial charge in [-0.2, -0.15) is 13.2 Å². The number of anilines is 1. The predicted octanol–water partition coefficient (Wildman–Crippen LogP) is 3.51. The van der Waals surface area contributed by atoms with Gasteiger partial charge in [0.15, 0.2) is 0 Å². The van der Waals surface area contributed by atoms with Crippen LogP contribution in [0.5, 0.6) is 0 Å². The molecule has 1 aromatic carbocycles. The fourth-order valence-corrected chi connectivity index (χ4v) is 3.20. The summed E-state index contributed by atoms with van der Waals surface area (Å²) in [5, 5.41) is 3.02. The number of aryl methyl sites for hydroxylation is 2. The summed E-state index contributed by atoms with van der Waals surface area (Å²) in [5.41, 5.74) is 0.615. The molecule has 1 amide bonds. The van der Waals surface area contributed by atoms with Gasteiger partial charge >= 0.3 is 6.18 Å². The second-order valence-electron chi connectivity index (χ2n) is 6.71. The van der Waals surface area contributed by atoms with Gasteiger partial charge in [-0.15, -0.1) is 0 Å². The first-order chi connectivity index (χ1) is 12.7. The van der Waals surface area contributed by atoms with Crippen molar-refractivity contribution in [3.05, 3.63) is 53.0 Å². The van der Waals surface area contributed by atoms with Gasteiger partial charge in [0.05, 0.1) is 0 Å². The van der Waals surface area contributed by atoms with Crippen molar-refractivity contribution in [2.75, 3.05) is 18.0 Å². The van der Waals surface area contributed by atoms with Crippen molar-refractivity contribution in [1.29, 1.82) is 0 Å². The summed E-state index contributed by atoms with van der Waals surface area (Å²) in [5.74, 6) is 0.247. The molecule has 1 aliphatic rings. The molecule has 0 radical (unpaired) electrons. The molecule has 2 heterocycles. The monoisotopic (exact) mass is 378 g/mol. The van der Waals surface area contributed by atoms with Crippen LogP contribution in [0.25, 0.3) is 0 Å². The maximum atomic E-state index is 13.0. The zero-order valence-corrected chi connectivity index (χ0v) is 15.2. The lowest BCUT2D eigenvalue weighted by Crippen LogP contribution is -2.45. The summed E-state index contributed by atoms with van der Waals surface area (Å²) in [6.07, 6.45) is -3.22. The van der Waals surface area contributed by atoms with Crippen LogP contribution in [0.1, 0.15) is 40.3 Å². The summed E-state index contributed by atoms with van der Waals surface area (Å²) >= 11 is 0. The number of halogens is 3. The average Bonchev–Trinajstić information content (AvgIpc) is 2.61. The van der Waals surface area contributed by atoms with E-state index in [1.807, 2.05) is 25.1 Å². The molecule has 0 atom stereocenters. The topological polar surface area (TPSA) is 58.1 Å². The molecule has 0 saturated carbocycles. The van der Waals surface area contributed by atoms with Crippen molar-refractivity contribution < 1.29 is 18.0 Å². The molecule has 8 heteroatoms. The molecule has 0 unspecified atom stereocenters. The Morgan fingerprint density at radius 3 is 2.44 bits per heavy atom. The van der Waals surface area contributed by atoms with E-state index in [2.05, 4.69) is 15.3 Å². The van der Waals surface area contributed by atoms with Gasteiger partial charge in [-0.3, -0.25) is 4.79 Å². The minimum atomic E-state index is -4.50. The van der Waals surface area contributed by atoms with E-state index in [-0.39, 0.29) is 23.6 Å². The number of aromatic nitrogens is 2. The highest BCUT2D eigenvalue weighted by Gasteiger charge is 2.34. The van der Waals surface area contributed by atoms with Gasteiger partial charge < -0.3 is 10.2 Å². The van der Waals surface area contributed by atoms with Gasteiger partial charge in [-0.05, 0) is 38.3 Å². The maximum absolute atomic E-state index is 13.0. The lowest BCUT2D eigenvalue weighted by atomic mass is 10.0. The Morgan fingerprint density at radius 2 is 1.81 bits per heavy atom. The van der Waals surface area contributed by atoms with E-state index in [1.165, 1.54) is 6.92 Å². The molecule has 144 valence electrons. The Kier molecular flexibility index (Phi) is 5.34. The molecule has 27 heavy (non-hydrogen) atoms. The van der Waals surface area contributed by atoms with Crippen molar-refractivity contribution in [1.82, 2.24) is 15.3 Å². The first-order valence-electron chi connectivity index (χ1n) is 8.78. The number of alkyl halides is 3. The molecular formula is C19H21F3N4O. The van der Waals surface area contributed by atoms with Gasteiger partial charge in [0.2, 0.25) is 0 Å². The van der Waals surface area contributed by atoms with Gasteiger partial charge in [0, 0.05) is 30.8 Å². The smallest absolute Gasteiger partial charge is 0.356 e. The second kappa shape index (κ2) is 7.54. The van der Waals surface area contributed by atoms with Crippen LogP contribution < -0.4 is 10.2 Å². The third kappa shape index (κ3) is 4.56. The molecule has 1 aliphatic heterocycles. The molecule has 1 N–H and O–H groups in total. The van der Waals surface area contributed by atoms with Crippen molar-refractivity contribution in [3.8, 4) is 0 Å². The fraction of sp³-hybridized carbons (Fsp3) is 0.421. The number of piperidine rings is 1. The van der Waals surface area contributed by atoms with Gasteiger partial charge in [-0.25, -0.2) is 9.97 Å². The normalized spacial score (nSPS) is 15.7. The molecule has 2 aromatic rings. The van der Waals surface area contributed by atoms with E-state index in [0.717, 1.165) is 11.6 Å². The first-order valence-corrected chi connectivity index (χ1v) is 8.78. The molecule has 1 saturated heterocycles. The molecule has 0 spiro atoms. The van der Waals surface area contributed by atoms with Crippen LogP contribution in [-0.4, -0.2) is 35.0 Å². The predicted molar refractivity (Wildman–Crippen MR) is 95.7 cm³/mol. The second-order valence-corrected chi connectivity index (χ2v) is 6.71. The number of carbonyl (C=O) groups is 1. The highest BCUT2D eigenvalue weighted by atomic mass is 19.4. The number of hydrogen-bond acceptors (Lipinski definition) is 4. The number of amides is 1. The Balaban J connectivity index is 1.63.